The second kappa shape index (κ2) is 9.48. The van der Waals surface area contributed by atoms with Crippen LogP contribution in [-0.2, 0) is 14.3 Å². The van der Waals surface area contributed by atoms with E-state index < -0.39 is 17.6 Å². The second-order valence-electron chi connectivity index (χ2n) is 7.12. The van der Waals surface area contributed by atoms with Crippen molar-refractivity contribution >= 4 is 29.1 Å². The Hall–Kier alpha value is -1.70. The lowest BCUT2D eigenvalue weighted by Gasteiger charge is -2.39. The molecule has 2 aliphatic heterocycles. The van der Waals surface area contributed by atoms with Crippen LogP contribution in [0.4, 0.5) is 10.1 Å². The van der Waals surface area contributed by atoms with Gasteiger partial charge in [0.05, 0.1) is 5.02 Å². The van der Waals surface area contributed by atoms with Crippen LogP contribution in [0.25, 0.3) is 0 Å². The number of amides is 2. The fourth-order valence-corrected chi connectivity index (χ4v) is 3.83. The van der Waals surface area contributed by atoms with Gasteiger partial charge in [0.15, 0.2) is 0 Å². The van der Waals surface area contributed by atoms with Crippen molar-refractivity contribution in [3.05, 3.63) is 29.0 Å². The van der Waals surface area contributed by atoms with Gasteiger partial charge in [-0.1, -0.05) is 11.6 Å². The fourth-order valence-electron chi connectivity index (χ4n) is 3.65. The molecule has 0 saturated carbocycles. The van der Waals surface area contributed by atoms with Crippen molar-refractivity contribution in [2.24, 2.45) is 5.92 Å². The van der Waals surface area contributed by atoms with E-state index in [9.17, 15) is 14.0 Å². The number of hydrogen-bond acceptors (Lipinski definition) is 4. The minimum absolute atomic E-state index is 0.107. The normalized spacial score (nSPS) is 19.6. The van der Waals surface area contributed by atoms with E-state index in [1.165, 1.54) is 12.1 Å². The zero-order chi connectivity index (χ0) is 19.2. The van der Waals surface area contributed by atoms with E-state index in [2.05, 4.69) is 15.5 Å². The minimum atomic E-state index is -0.780. The molecule has 2 N–H and O–H groups in total. The topological polar surface area (TPSA) is 70.7 Å². The third-order valence-electron chi connectivity index (χ3n) is 5.29. The van der Waals surface area contributed by atoms with E-state index in [0.717, 1.165) is 58.1 Å². The van der Waals surface area contributed by atoms with Gasteiger partial charge in [-0.2, -0.15) is 0 Å². The molecule has 1 aromatic carbocycles. The largest absolute Gasteiger partial charge is 0.381 e. The molecule has 2 fully saturated rings. The van der Waals surface area contributed by atoms with Gasteiger partial charge in [-0.25, -0.2) is 4.39 Å². The number of ether oxygens (including phenoxy) is 1. The Morgan fingerprint density at radius 3 is 2.52 bits per heavy atom. The molecule has 0 spiro atoms. The Labute approximate surface area is 163 Å². The lowest BCUT2D eigenvalue weighted by Crippen LogP contribution is -2.46. The summed E-state index contributed by atoms with van der Waals surface area (Å²) in [6, 6.07) is 4.39. The molecular weight excluding hydrogens is 373 g/mol. The smallest absolute Gasteiger partial charge is 0.313 e. The highest BCUT2D eigenvalue weighted by Gasteiger charge is 2.27. The van der Waals surface area contributed by atoms with E-state index in [4.69, 9.17) is 16.3 Å². The van der Waals surface area contributed by atoms with E-state index >= 15 is 0 Å². The van der Waals surface area contributed by atoms with Crippen LogP contribution in [0.5, 0.6) is 0 Å². The molecule has 6 nitrogen and oxygen atoms in total. The zero-order valence-electron chi connectivity index (χ0n) is 15.2. The summed E-state index contributed by atoms with van der Waals surface area (Å²) in [4.78, 5) is 26.5. The summed E-state index contributed by atoms with van der Waals surface area (Å²) in [5.41, 5.74) is 0.284. The summed E-state index contributed by atoms with van der Waals surface area (Å²) in [7, 11) is 0. The van der Waals surface area contributed by atoms with Gasteiger partial charge in [0.2, 0.25) is 0 Å². The average Bonchev–Trinajstić information content (AvgIpc) is 2.70. The van der Waals surface area contributed by atoms with Gasteiger partial charge in [0, 0.05) is 31.5 Å². The van der Waals surface area contributed by atoms with Crippen LogP contribution in [0.15, 0.2) is 18.2 Å². The predicted octanol–water partition coefficient (Wildman–Crippen LogP) is 2.42. The number of anilines is 1. The summed E-state index contributed by atoms with van der Waals surface area (Å²) in [5, 5.41) is 5.01. The lowest BCUT2D eigenvalue weighted by atomic mass is 9.94. The maximum Gasteiger partial charge on any atom is 0.313 e. The number of carbonyl (C=O) groups excluding carboxylic acids is 2. The summed E-state index contributed by atoms with van der Waals surface area (Å²) >= 11 is 5.67. The molecule has 3 rings (SSSR count). The number of halogens is 2. The molecule has 0 aliphatic carbocycles. The second-order valence-corrected chi connectivity index (χ2v) is 7.52. The molecule has 1 aromatic rings. The Bertz CT molecular complexity index is 674. The van der Waals surface area contributed by atoms with Gasteiger partial charge in [0.1, 0.15) is 5.82 Å². The lowest BCUT2D eigenvalue weighted by molar-refractivity contribution is -0.136. The van der Waals surface area contributed by atoms with Crippen molar-refractivity contribution in [2.45, 2.75) is 31.7 Å². The molecule has 0 aromatic heterocycles. The molecular formula is C19H25ClFN3O3. The van der Waals surface area contributed by atoms with Crippen LogP contribution in [0.2, 0.25) is 5.02 Å². The Balaban J connectivity index is 1.38. The highest BCUT2D eigenvalue weighted by molar-refractivity contribution is 6.39. The van der Waals surface area contributed by atoms with Crippen molar-refractivity contribution in [1.29, 1.82) is 0 Å². The van der Waals surface area contributed by atoms with E-state index in [1.807, 2.05) is 0 Å². The number of carbonyl (C=O) groups is 2. The van der Waals surface area contributed by atoms with Gasteiger partial charge in [-0.3, -0.25) is 9.59 Å². The standard InChI is InChI=1S/C19H25ClFN3O3/c20-16-11-14(1-2-17(16)21)23-19(26)18(25)22-12-13-3-7-24(8-4-13)15-5-9-27-10-6-15/h1-2,11,13,15H,3-10,12H2,(H,22,25)(H,23,26). The molecule has 0 unspecified atom stereocenters. The zero-order valence-corrected chi connectivity index (χ0v) is 15.9. The molecule has 2 saturated heterocycles. The summed E-state index contributed by atoms with van der Waals surface area (Å²) in [6.45, 7) is 4.21. The number of nitrogens with one attached hydrogen (secondary N) is 2. The number of rotatable bonds is 4. The van der Waals surface area contributed by atoms with Crippen molar-refractivity contribution < 1.29 is 18.7 Å². The van der Waals surface area contributed by atoms with Crippen molar-refractivity contribution in [3.63, 3.8) is 0 Å². The Morgan fingerprint density at radius 1 is 1.15 bits per heavy atom. The first kappa shape index (κ1) is 20.0. The van der Waals surface area contributed by atoms with E-state index in [1.54, 1.807) is 0 Å². The third kappa shape index (κ3) is 5.64. The summed E-state index contributed by atoms with van der Waals surface area (Å²) in [5.74, 6) is -1.68. The maximum absolute atomic E-state index is 13.1. The van der Waals surface area contributed by atoms with Crippen LogP contribution in [0.1, 0.15) is 25.7 Å². The molecule has 27 heavy (non-hydrogen) atoms. The number of nitrogens with zero attached hydrogens (tertiary/aromatic N) is 1. The SMILES string of the molecule is O=C(NCC1CCN(C2CCOCC2)CC1)C(=O)Nc1ccc(F)c(Cl)c1. The van der Waals surface area contributed by atoms with Crippen molar-refractivity contribution in [3.8, 4) is 0 Å². The first-order valence-electron chi connectivity index (χ1n) is 9.39. The maximum atomic E-state index is 13.1. The van der Waals surface area contributed by atoms with Gasteiger partial charge < -0.3 is 20.3 Å². The molecule has 0 bridgehead atoms. The van der Waals surface area contributed by atoms with Gasteiger partial charge in [0.25, 0.3) is 0 Å². The van der Waals surface area contributed by atoms with Crippen molar-refractivity contribution in [1.82, 2.24) is 10.2 Å². The minimum Gasteiger partial charge on any atom is -0.381 e. The van der Waals surface area contributed by atoms with Crippen LogP contribution >= 0.6 is 11.6 Å². The van der Waals surface area contributed by atoms with Crippen LogP contribution in [0, 0.1) is 11.7 Å². The average molecular weight is 398 g/mol. The van der Waals surface area contributed by atoms with Gasteiger partial charge in [-0.15, -0.1) is 0 Å². The van der Waals surface area contributed by atoms with Crippen molar-refractivity contribution in [2.75, 3.05) is 38.2 Å². The van der Waals surface area contributed by atoms with E-state index in [0.29, 0.717) is 18.5 Å². The number of hydrogen-bond donors (Lipinski definition) is 2. The number of piperidine rings is 1. The van der Waals surface area contributed by atoms with E-state index in [-0.39, 0.29) is 10.7 Å². The summed E-state index contributed by atoms with van der Waals surface area (Å²) < 4.78 is 18.6. The number of benzene rings is 1. The van der Waals surface area contributed by atoms with Crippen LogP contribution in [0.3, 0.4) is 0 Å². The molecule has 2 aliphatic rings. The third-order valence-corrected chi connectivity index (χ3v) is 5.58. The Morgan fingerprint density at radius 2 is 1.85 bits per heavy atom. The molecule has 148 valence electrons. The Kier molecular flexibility index (Phi) is 7.04. The first-order chi connectivity index (χ1) is 13.0. The molecule has 2 amide bonds. The first-order valence-corrected chi connectivity index (χ1v) is 9.77. The molecule has 0 atom stereocenters. The number of likely N-dealkylation sites (tertiary alicyclic amines) is 1. The monoisotopic (exact) mass is 397 g/mol. The summed E-state index contributed by atoms with van der Waals surface area (Å²) in [6.07, 6.45) is 4.20. The molecule has 2 heterocycles. The van der Waals surface area contributed by atoms with Gasteiger partial charge in [-0.05, 0) is 62.9 Å². The van der Waals surface area contributed by atoms with Crippen LogP contribution < -0.4 is 10.6 Å². The molecule has 0 radical (unpaired) electrons. The highest BCUT2D eigenvalue weighted by Crippen LogP contribution is 2.23. The van der Waals surface area contributed by atoms with Crippen LogP contribution in [-0.4, -0.2) is 55.6 Å². The molecule has 8 heteroatoms. The van der Waals surface area contributed by atoms with Gasteiger partial charge >= 0.3 is 11.8 Å². The quantitative estimate of drug-likeness (QED) is 0.765. The highest BCUT2D eigenvalue weighted by atomic mass is 35.5. The predicted molar refractivity (Wildman–Crippen MR) is 101 cm³/mol. The fraction of sp³-hybridized carbons (Fsp3) is 0.579.